The monoisotopic (exact) mass is 258 g/mol. The van der Waals surface area contributed by atoms with E-state index in [-0.39, 0.29) is 5.91 Å². The second-order valence-corrected chi connectivity index (χ2v) is 4.60. The molecule has 0 atom stereocenters. The quantitative estimate of drug-likeness (QED) is 0.920. The zero-order chi connectivity index (χ0) is 14.0. The summed E-state index contributed by atoms with van der Waals surface area (Å²) in [6.07, 6.45) is 0. The molecule has 2 rings (SSSR count). The molecule has 0 saturated carbocycles. The summed E-state index contributed by atoms with van der Waals surface area (Å²) in [6.45, 7) is 4.36. The number of hydrogen-bond acceptors (Lipinski definition) is 3. The van der Waals surface area contributed by atoms with Crippen LogP contribution in [0.5, 0.6) is 0 Å². The maximum absolute atomic E-state index is 12.3. The molecule has 100 valence electrons. The van der Waals surface area contributed by atoms with E-state index in [9.17, 15) is 4.79 Å². The van der Waals surface area contributed by atoms with Crippen LogP contribution in [0.15, 0.2) is 34.7 Å². The van der Waals surface area contributed by atoms with E-state index in [2.05, 4.69) is 0 Å². The molecule has 4 heteroatoms. The smallest absolute Gasteiger partial charge is 0.293 e. The molecular formula is C15H18N2O2. The summed E-state index contributed by atoms with van der Waals surface area (Å²) >= 11 is 0. The number of aryl methyl sites for hydroxylation is 2. The van der Waals surface area contributed by atoms with Crippen molar-refractivity contribution in [3.63, 3.8) is 0 Å². The van der Waals surface area contributed by atoms with Crippen LogP contribution in [0.2, 0.25) is 0 Å². The number of nitrogens with zero attached hydrogens (tertiary/aromatic N) is 1. The summed E-state index contributed by atoms with van der Waals surface area (Å²) in [5, 5.41) is 0. The lowest BCUT2D eigenvalue weighted by Gasteiger charge is -2.17. The van der Waals surface area contributed by atoms with E-state index < -0.39 is 0 Å². The summed E-state index contributed by atoms with van der Waals surface area (Å²) in [7, 11) is 1.73. The van der Waals surface area contributed by atoms with Crippen molar-refractivity contribution < 1.29 is 9.21 Å². The van der Waals surface area contributed by atoms with Crippen molar-refractivity contribution in [1.29, 1.82) is 0 Å². The first-order valence-corrected chi connectivity index (χ1v) is 6.17. The molecule has 1 aromatic carbocycles. The molecule has 2 aromatic rings. The van der Waals surface area contributed by atoms with Gasteiger partial charge in [0.1, 0.15) is 5.76 Å². The second-order valence-electron chi connectivity index (χ2n) is 4.60. The van der Waals surface area contributed by atoms with E-state index in [1.54, 1.807) is 24.1 Å². The third-order valence-electron chi connectivity index (χ3n) is 3.26. The molecule has 1 amide bonds. The van der Waals surface area contributed by atoms with Crippen LogP contribution in [0.1, 0.15) is 27.4 Å². The number of hydrogen-bond donors (Lipinski definition) is 1. The third kappa shape index (κ3) is 2.69. The fourth-order valence-electron chi connectivity index (χ4n) is 1.82. The summed E-state index contributed by atoms with van der Waals surface area (Å²) in [5.74, 6) is 0.737. The van der Waals surface area contributed by atoms with Crippen LogP contribution in [0, 0.1) is 13.8 Å². The molecule has 2 N–H and O–H groups in total. The summed E-state index contributed by atoms with van der Waals surface area (Å²) in [6, 6.07) is 9.29. The molecular weight excluding hydrogens is 240 g/mol. The summed E-state index contributed by atoms with van der Waals surface area (Å²) in [4.78, 5) is 13.8. The second kappa shape index (κ2) is 5.28. The Morgan fingerprint density at radius 3 is 2.53 bits per heavy atom. The van der Waals surface area contributed by atoms with Crippen molar-refractivity contribution in [2.24, 2.45) is 5.73 Å². The number of benzene rings is 1. The maximum atomic E-state index is 12.3. The molecule has 0 radical (unpaired) electrons. The normalized spacial score (nSPS) is 10.5. The van der Waals surface area contributed by atoms with Gasteiger partial charge in [0, 0.05) is 12.7 Å². The van der Waals surface area contributed by atoms with Crippen molar-refractivity contribution in [1.82, 2.24) is 0 Å². The molecule has 1 aromatic heterocycles. The zero-order valence-corrected chi connectivity index (χ0v) is 11.4. The first kappa shape index (κ1) is 13.4. The molecule has 19 heavy (non-hydrogen) atoms. The van der Waals surface area contributed by atoms with Gasteiger partial charge in [-0.05, 0) is 49.2 Å². The van der Waals surface area contributed by atoms with Crippen LogP contribution in [-0.2, 0) is 6.54 Å². The van der Waals surface area contributed by atoms with E-state index in [4.69, 9.17) is 10.2 Å². The number of rotatable bonds is 3. The number of nitrogens with two attached hydrogens (primary N) is 1. The number of carbonyl (C=O) groups is 1. The van der Waals surface area contributed by atoms with Gasteiger partial charge >= 0.3 is 0 Å². The number of amides is 1. The fraction of sp³-hybridized carbons (Fsp3) is 0.267. The molecule has 0 aliphatic rings. The van der Waals surface area contributed by atoms with Gasteiger partial charge in [0.2, 0.25) is 0 Å². The highest BCUT2D eigenvalue weighted by Gasteiger charge is 2.17. The minimum absolute atomic E-state index is 0.178. The lowest BCUT2D eigenvalue weighted by atomic mass is 10.1. The number of anilines is 1. The molecule has 0 unspecified atom stereocenters. The molecule has 4 nitrogen and oxygen atoms in total. The van der Waals surface area contributed by atoms with E-state index in [0.29, 0.717) is 18.1 Å². The van der Waals surface area contributed by atoms with Crippen LogP contribution >= 0.6 is 0 Å². The Morgan fingerprint density at radius 2 is 1.95 bits per heavy atom. The van der Waals surface area contributed by atoms with E-state index >= 15 is 0 Å². The lowest BCUT2D eigenvalue weighted by Crippen LogP contribution is -2.25. The van der Waals surface area contributed by atoms with Crippen LogP contribution < -0.4 is 10.6 Å². The van der Waals surface area contributed by atoms with Gasteiger partial charge in [-0.15, -0.1) is 0 Å². The molecule has 0 bridgehead atoms. The lowest BCUT2D eigenvalue weighted by molar-refractivity contribution is 0.0965. The molecule has 0 spiro atoms. The van der Waals surface area contributed by atoms with Gasteiger partial charge in [-0.3, -0.25) is 4.79 Å². The minimum Gasteiger partial charge on any atom is -0.455 e. The first-order chi connectivity index (χ1) is 9.02. The van der Waals surface area contributed by atoms with Crippen molar-refractivity contribution in [3.8, 4) is 0 Å². The zero-order valence-electron chi connectivity index (χ0n) is 11.4. The van der Waals surface area contributed by atoms with Crippen molar-refractivity contribution >= 4 is 11.6 Å². The van der Waals surface area contributed by atoms with Gasteiger partial charge < -0.3 is 15.1 Å². The minimum atomic E-state index is -0.178. The van der Waals surface area contributed by atoms with Crippen LogP contribution in [0.4, 0.5) is 5.69 Å². The SMILES string of the molecule is Cc1ccc(N(C)C(=O)c2ccc(CN)o2)cc1C. The number of carbonyl (C=O) groups excluding carboxylic acids is 1. The van der Waals surface area contributed by atoms with E-state index in [1.165, 1.54) is 5.56 Å². The predicted octanol–water partition coefficient (Wildman–Crippen LogP) is 2.63. The van der Waals surface area contributed by atoms with Crippen molar-refractivity contribution in [3.05, 3.63) is 53.0 Å². The van der Waals surface area contributed by atoms with E-state index in [0.717, 1.165) is 11.3 Å². The first-order valence-electron chi connectivity index (χ1n) is 6.17. The Bertz CT molecular complexity index is 602. The highest BCUT2D eigenvalue weighted by Crippen LogP contribution is 2.20. The Kier molecular flexibility index (Phi) is 3.71. The van der Waals surface area contributed by atoms with Gasteiger partial charge in [-0.1, -0.05) is 6.07 Å². The fourth-order valence-corrected chi connectivity index (χ4v) is 1.82. The summed E-state index contributed by atoms with van der Waals surface area (Å²) in [5.41, 5.74) is 8.67. The highest BCUT2D eigenvalue weighted by atomic mass is 16.4. The van der Waals surface area contributed by atoms with Gasteiger partial charge in [0.05, 0.1) is 6.54 Å². The van der Waals surface area contributed by atoms with Crippen molar-refractivity contribution in [2.75, 3.05) is 11.9 Å². The Balaban J connectivity index is 2.25. The standard InChI is InChI=1S/C15H18N2O2/c1-10-4-5-12(8-11(10)2)17(3)15(18)14-7-6-13(9-16)19-14/h4-8H,9,16H2,1-3H3. The molecule has 0 aliphatic heterocycles. The average molecular weight is 258 g/mol. The molecule has 0 saturated heterocycles. The van der Waals surface area contributed by atoms with Gasteiger partial charge in [0.15, 0.2) is 5.76 Å². The maximum Gasteiger partial charge on any atom is 0.293 e. The van der Waals surface area contributed by atoms with Crippen LogP contribution in [-0.4, -0.2) is 13.0 Å². The number of furan rings is 1. The topological polar surface area (TPSA) is 59.5 Å². The van der Waals surface area contributed by atoms with Crippen molar-refractivity contribution in [2.45, 2.75) is 20.4 Å². The molecule has 1 heterocycles. The van der Waals surface area contributed by atoms with Gasteiger partial charge in [-0.2, -0.15) is 0 Å². The van der Waals surface area contributed by atoms with Gasteiger partial charge in [0.25, 0.3) is 5.91 Å². The summed E-state index contributed by atoms with van der Waals surface area (Å²) < 4.78 is 5.37. The van der Waals surface area contributed by atoms with Crippen LogP contribution in [0.25, 0.3) is 0 Å². The highest BCUT2D eigenvalue weighted by molar-refractivity contribution is 6.03. The molecule has 0 fully saturated rings. The Morgan fingerprint density at radius 1 is 1.21 bits per heavy atom. The Hall–Kier alpha value is -2.07. The van der Waals surface area contributed by atoms with Crippen LogP contribution in [0.3, 0.4) is 0 Å². The van der Waals surface area contributed by atoms with Gasteiger partial charge in [-0.25, -0.2) is 0 Å². The predicted molar refractivity (Wildman–Crippen MR) is 75.2 cm³/mol. The third-order valence-corrected chi connectivity index (χ3v) is 3.26. The average Bonchev–Trinajstić information content (AvgIpc) is 2.89. The van der Waals surface area contributed by atoms with E-state index in [1.807, 2.05) is 32.0 Å². The molecule has 0 aliphatic carbocycles. The largest absolute Gasteiger partial charge is 0.455 e. The Labute approximate surface area is 112 Å².